The van der Waals surface area contributed by atoms with Gasteiger partial charge in [0.1, 0.15) is 20.4 Å². The summed E-state index contributed by atoms with van der Waals surface area (Å²) in [5.41, 5.74) is 0. The molecular weight excluding hydrogens is 562 g/mol. The Bertz CT molecular complexity index is 1120. The SMILES string of the molecule is O=C(NS(=O)(=O)c1cc(Cl)c(Cl)s1)[C@H]1CC[C@H](N2CCC(Oc3ccc(Cl)c(Cl)c3)CC2)CC1. The average molecular weight is 586 g/mol. The van der Waals surface area contributed by atoms with Gasteiger partial charge in [-0.3, -0.25) is 4.79 Å². The van der Waals surface area contributed by atoms with Crippen LogP contribution in [0.3, 0.4) is 0 Å². The van der Waals surface area contributed by atoms with Crippen LogP contribution >= 0.6 is 57.7 Å². The van der Waals surface area contributed by atoms with Gasteiger partial charge in [-0.2, -0.15) is 0 Å². The van der Waals surface area contributed by atoms with Crippen molar-refractivity contribution in [1.82, 2.24) is 9.62 Å². The molecule has 1 N–H and O–H groups in total. The lowest BCUT2D eigenvalue weighted by Gasteiger charge is -2.40. The highest BCUT2D eigenvalue weighted by molar-refractivity contribution is 7.92. The van der Waals surface area contributed by atoms with Gasteiger partial charge in [-0.25, -0.2) is 13.1 Å². The van der Waals surface area contributed by atoms with Crippen LogP contribution in [0.4, 0.5) is 0 Å². The fourth-order valence-corrected chi connectivity index (χ4v) is 7.74. The zero-order valence-electron chi connectivity index (χ0n) is 18.1. The molecule has 6 nitrogen and oxygen atoms in total. The lowest BCUT2D eigenvalue weighted by atomic mass is 9.84. The van der Waals surface area contributed by atoms with Gasteiger partial charge in [0.15, 0.2) is 0 Å². The van der Waals surface area contributed by atoms with Crippen molar-refractivity contribution in [3.8, 4) is 5.75 Å². The van der Waals surface area contributed by atoms with Crippen LogP contribution in [0.1, 0.15) is 38.5 Å². The number of hydrogen-bond acceptors (Lipinski definition) is 6. The summed E-state index contributed by atoms with van der Waals surface area (Å²) in [7, 11) is -3.97. The van der Waals surface area contributed by atoms with E-state index in [1.54, 1.807) is 12.1 Å². The molecule has 2 fully saturated rings. The summed E-state index contributed by atoms with van der Waals surface area (Å²) in [5, 5.41) is 1.14. The molecule has 2 heterocycles. The third kappa shape index (κ3) is 6.33. The number of ether oxygens (including phenoxy) is 1. The molecule has 1 amide bonds. The van der Waals surface area contributed by atoms with Gasteiger partial charge in [0.25, 0.3) is 10.0 Å². The van der Waals surface area contributed by atoms with E-state index in [-0.39, 0.29) is 25.6 Å². The van der Waals surface area contributed by atoms with Crippen LogP contribution in [-0.2, 0) is 14.8 Å². The highest BCUT2D eigenvalue weighted by Gasteiger charge is 2.33. The van der Waals surface area contributed by atoms with E-state index >= 15 is 0 Å². The van der Waals surface area contributed by atoms with Crippen molar-refractivity contribution < 1.29 is 17.9 Å². The van der Waals surface area contributed by atoms with E-state index < -0.39 is 15.9 Å². The molecule has 0 bridgehead atoms. The van der Waals surface area contributed by atoms with E-state index in [2.05, 4.69) is 9.62 Å². The number of halogens is 4. The van der Waals surface area contributed by atoms with E-state index in [0.29, 0.717) is 28.9 Å². The number of likely N-dealkylation sites (tertiary alicyclic amines) is 1. The second kappa shape index (κ2) is 11.1. The van der Waals surface area contributed by atoms with Gasteiger partial charge >= 0.3 is 0 Å². The van der Waals surface area contributed by atoms with Gasteiger partial charge in [0.05, 0.1) is 15.1 Å². The van der Waals surface area contributed by atoms with Gasteiger partial charge in [-0.1, -0.05) is 46.4 Å². The first-order valence-electron chi connectivity index (χ1n) is 11.0. The molecule has 34 heavy (non-hydrogen) atoms. The third-order valence-corrected chi connectivity index (χ3v) is 10.8. The minimum Gasteiger partial charge on any atom is -0.490 e. The number of hydrogen-bond donors (Lipinski definition) is 1. The first-order chi connectivity index (χ1) is 16.1. The smallest absolute Gasteiger partial charge is 0.273 e. The maximum Gasteiger partial charge on any atom is 0.273 e. The lowest BCUT2D eigenvalue weighted by Crippen LogP contribution is -2.46. The number of thiophene rings is 1. The zero-order valence-corrected chi connectivity index (χ0v) is 22.8. The fraction of sp³-hybridized carbons (Fsp3) is 0.500. The van der Waals surface area contributed by atoms with Gasteiger partial charge in [0.2, 0.25) is 5.91 Å². The summed E-state index contributed by atoms with van der Waals surface area (Å²) in [6.07, 6.45) is 4.95. The number of amides is 1. The van der Waals surface area contributed by atoms with Crippen molar-refractivity contribution >= 4 is 73.7 Å². The van der Waals surface area contributed by atoms with Crippen molar-refractivity contribution in [2.75, 3.05) is 13.1 Å². The number of nitrogens with one attached hydrogen (secondary N) is 1. The molecule has 2 aliphatic rings. The van der Waals surface area contributed by atoms with Gasteiger partial charge in [-0.05, 0) is 56.7 Å². The average Bonchev–Trinajstić information content (AvgIpc) is 3.16. The van der Waals surface area contributed by atoms with Crippen molar-refractivity contribution in [2.45, 2.75) is 54.9 Å². The Balaban J connectivity index is 1.23. The summed E-state index contributed by atoms with van der Waals surface area (Å²) < 4.78 is 33.4. The van der Waals surface area contributed by atoms with E-state index in [4.69, 9.17) is 51.1 Å². The maximum absolute atomic E-state index is 12.6. The van der Waals surface area contributed by atoms with Gasteiger partial charge in [-0.15, -0.1) is 11.3 Å². The summed E-state index contributed by atoms with van der Waals surface area (Å²) in [4.78, 5) is 15.1. The van der Waals surface area contributed by atoms with Crippen molar-refractivity contribution in [3.63, 3.8) is 0 Å². The number of rotatable bonds is 6. The standard InChI is InChI=1S/C22H24Cl4N2O4S2/c23-17-6-5-16(11-18(17)24)32-15-7-9-28(10-8-15)14-3-1-13(2-4-14)22(29)27-34(30,31)20-12-19(25)21(26)33-20/h5-6,11-15H,1-4,7-10H2,(H,27,29)/t13-,14-. The number of piperidine rings is 1. The Kier molecular flexibility index (Phi) is 8.61. The van der Waals surface area contributed by atoms with Crippen molar-refractivity contribution in [2.24, 2.45) is 5.92 Å². The maximum atomic E-state index is 12.6. The number of benzene rings is 1. The molecule has 0 unspecified atom stereocenters. The Morgan fingerprint density at radius 2 is 1.62 bits per heavy atom. The minimum absolute atomic E-state index is 0.0597. The monoisotopic (exact) mass is 584 g/mol. The molecule has 1 aromatic carbocycles. The first kappa shape index (κ1) is 26.3. The van der Waals surface area contributed by atoms with E-state index in [1.165, 1.54) is 6.07 Å². The van der Waals surface area contributed by atoms with Crippen LogP contribution in [0, 0.1) is 5.92 Å². The molecule has 12 heteroatoms. The van der Waals surface area contributed by atoms with E-state index in [1.807, 2.05) is 6.07 Å². The van der Waals surface area contributed by atoms with E-state index in [9.17, 15) is 13.2 Å². The molecular formula is C22H24Cl4N2O4S2. The quantitative estimate of drug-likeness (QED) is 0.432. The first-order valence-corrected chi connectivity index (χ1v) is 14.8. The molecule has 2 aromatic rings. The third-order valence-electron chi connectivity index (χ3n) is 6.38. The largest absolute Gasteiger partial charge is 0.490 e. The molecule has 1 aromatic heterocycles. The molecule has 1 aliphatic heterocycles. The number of carbonyl (C=O) groups is 1. The molecule has 0 radical (unpaired) electrons. The topological polar surface area (TPSA) is 75.7 Å². The second-order valence-electron chi connectivity index (χ2n) is 8.59. The van der Waals surface area contributed by atoms with Crippen LogP contribution < -0.4 is 9.46 Å². The normalized spacial score (nSPS) is 22.5. The number of nitrogens with zero attached hydrogens (tertiary/aromatic N) is 1. The van der Waals surface area contributed by atoms with Crippen LogP contribution in [0.5, 0.6) is 5.75 Å². The van der Waals surface area contributed by atoms with Crippen LogP contribution in [0.15, 0.2) is 28.5 Å². The molecule has 0 atom stereocenters. The summed E-state index contributed by atoms with van der Waals surface area (Å²) in [5.74, 6) is -0.0679. The van der Waals surface area contributed by atoms with Gasteiger partial charge in [0, 0.05) is 31.1 Å². The van der Waals surface area contributed by atoms with Gasteiger partial charge < -0.3 is 9.64 Å². The van der Waals surface area contributed by atoms with Crippen LogP contribution in [0.25, 0.3) is 0 Å². The Labute approximate surface area is 223 Å². The van der Waals surface area contributed by atoms with Crippen LogP contribution in [-0.4, -0.2) is 44.5 Å². The van der Waals surface area contributed by atoms with Crippen molar-refractivity contribution in [1.29, 1.82) is 0 Å². The lowest BCUT2D eigenvalue weighted by molar-refractivity contribution is -0.124. The molecule has 0 spiro atoms. The molecule has 1 saturated carbocycles. The molecule has 1 aliphatic carbocycles. The van der Waals surface area contributed by atoms with Crippen LogP contribution in [0.2, 0.25) is 19.4 Å². The summed E-state index contributed by atoms with van der Waals surface area (Å²) in [6.45, 7) is 1.84. The Hall–Kier alpha value is -0.740. The fourth-order valence-electron chi connectivity index (χ4n) is 4.53. The second-order valence-corrected chi connectivity index (χ2v) is 13.4. The highest BCUT2D eigenvalue weighted by atomic mass is 35.5. The molecule has 4 rings (SSSR count). The molecule has 1 saturated heterocycles. The molecule has 186 valence electrons. The summed E-state index contributed by atoms with van der Waals surface area (Å²) in [6, 6.07) is 6.95. The minimum atomic E-state index is -3.97. The predicted molar refractivity (Wildman–Crippen MR) is 137 cm³/mol. The van der Waals surface area contributed by atoms with E-state index in [0.717, 1.165) is 55.9 Å². The predicted octanol–water partition coefficient (Wildman–Crippen LogP) is 6.27. The zero-order chi connectivity index (χ0) is 24.5. The summed E-state index contributed by atoms with van der Waals surface area (Å²) >= 11 is 24.6. The number of carbonyl (C=O) groups excluding carboxylic acids is 1. The van der Waals surface area contributed by atoms with Crippen molar-refractivity contribution in [3.05, 3.63) is 43.7 Å². The highest BCUT2D eigenvalue weighted by Crippen LogP contribution is 2.35. The number of sulfonamides is 1. The Morgan fingerprint density at radius 1 is 0.941 bits per heavy atom. The Morgan fingerprint density at radius 3 is 2.21 bits per heavy atom.